The molecule has 0 aliphatic carbocycles. The van der Waals surface area contributed by atoms with Crippen LogP contribution in [0.2, 0.25) is 0 Å². The number of carbonyl (C=O) groups excluding carboxylic acids is 6. The number of carbonyl (C=O) groups is 6. The minimum atomic E-state index is -5.20. The number of primary amides is 1. The van der Waals surface area contributed by atoms with Crippen LogP contribution in [0, 0.1) is 5.92 Å². The number of aromatic nitrogens is 8. The fourth-order valence-electron chi connectivity index (χ4n) is 8.73. The Morgan fingerprint density at radius 3 is 2.31 bits per heavy atom. The van der Waals surface area contributed by atoms with Gasteiger partial charge in [0.15, 0.2) is 35.0 Å². The van der Waals surface area contributed by atoms with E-state index in [1.807, 2.05) is 0 Å². The molecule has 1 aromatic carbocycles. The smallest absolute Gasteiger partial charge is 0.445 e. The summed E-state index contributed by atoms with van der Waals surface area (Å²) in [5.74, 6) is -2.33. The van der Waals surface area contributed by atoms with E-state index in [1.165, 1.54) is 48.0 Å². The lowest BCUT2D eigenvalue weighted by atomic mass is 10.0. The first-order valence-electron chi connectivity index (χ1n) is 25.9. The Kier molecular flexibility index (Phi) is 21.7. The third-order valence-corrected chi connectivity index (χ3v) is 14.5. The summed E-state index contributed by atoms with van der Waals surface area (Å²) < 4.78 is 68.2. The minimum absolute atomic E-state index is 0.0145. The molecule has 2 aliphatic rings. The van der Waals surface area contributed by atoms with Crippen LogP contribution in [-0.2, 0) is 62.6 Å². The average molecular weight is 1220 g/mol. The third-order valence-electron chi connectivity index (χ3n) is 13.1. The predicted octanol–water partition coefficient (Wildman–Crippen LogP) is -0.723. The average Bonchev–Trinajstić information content (AvgIpc) is 3.63. The minimum Gasteiger partial charge on any atom is -0.445 e. The van der Waals surface area contributed by atoms with Gasteiger partial charge in [0.05, 0.1) is 38.5 Å². The summed E-state index contributed by atoms with van der Waals surface area (Å²) in [4.78, 5) is 136. The largest absolute Gasteiger partial charge is 0.472 e. The number of hydrogen-bond donors (Lipinski definition) is 11. The Hall–Kier alpha value is -7.92. The number of imidazole rings is 2. The number of amides is 7. The van der Waals surface area contributed by atoms with Crippen molar-refractivity contribution in [3.05, 3.63) is 59.2 Å². The Labute approximate surface area is 477 Å². The number of anilines is 3. The number of benzene rings is 1. The van der Waals surface area contributed by atoms with Crippen LogP contribution in [0.3, 0.4) is 0 Å². The summed E-state index contributed by atoms with van der Waals surface area (Å²) in [6.45, 7) is 1.41. The molecule has 0 saturated carbocycles. The number of rotatable bonds is 27. The first kappa shape index (κ1) is 63.7. The summed E-state index contributed by atoms with van der Waals surface area (Å²) in [6.07, 6.45) is -5.21. The highest BCUT2D eigenvalue weighted by atomic mass is 31.2. The lowest BCUT2D eigenvalue weighted by molar-refractivity contribution is -0.131. The number of nitrogens with two attached hydrogens (primary N) is 4. The summed E-state index contributed by atoms with van der Waals surface area (Å²) in [7, 11) is -6.12. The molecule has 15 N–H and O–H groups in total. The molecule has 0 bridgehead atoms. The van der Waals surface area contributed by atoms with Crippen molar-refractivity contribution >= 4 is 91.8 Å². The topological polar surface area (TPSA) is 507 Å². The SMILES string of the molecule is CC(C)C(NC(=O)CN)C(=O)N[C@@H](CCCNC(N)=O)C(=O)Nc1ccc(COC(=O)N(C)CCN(C)C(=O)O[C@@H]2[C@H](O[P@](=O)(O)OC[C@@H]3CC[C@H](n4cnc5c(=O)[nH]c(N)nc54)O3)[C@@H](CO[PH](=O)O)O[C@H]2n2cnc3c(N)ncnc32)cc1. The molecule has 38 heteroatoms. The molecule has 2 fully saturated rings. The highest BCUT2D eigenvalue weighted by Gasteiger charge is 2.53. The van der Waals surface area contributed by atoms with E-state index in [0.29, 0.717) is 24.1 Å². The molecule has 84 heavy (non-hydrogen) atoms. The number of H-pyrrole nitrogens is 1. The molecule has 0 spiro atoms. The van der Waals surface area contributed by atoms with Crippen molar-refractivity contribution in [3.63, 3.8) is 0 Å². The second kappa shape index (κ2) is 28.6. The fourth-order valence-corrected chi connectivity index (χ4v) is 10.0. The molecular formula is C46H66N18O18P2. The van der Waals surface area contributed by atoms with Crippen LogP contribution in [0.4, 0.5) is 31.8 Å². The van der Waals surface area contributed by atoms with Gasteiger partial charge >= 0.3 is 34.3 Å². The Bertz CT molecular complexity index is 3300. The molecule has 2 aliphatic heterocycles. The monoisotopic (exact) mass is 1220 g/mol. The van der Waals surface area contributed by atoms with E-state index in [0.717, 1.165) is 16.1 Å². The maximum Gasteiger partial charge on any atom is 0.472 e. The van der Waals surface area contributed by atoms with Crippen LogP contribution < -0.4 is 49.8 Å². The van der Waals surface area contributed by atoms with Gasteiger partial charge < -0.3 is 87.3 Å². The van der Waals surface area contributed by atoms with Gasteiger partial charge in [-0.15, -0.1) is 0 Å². The summed E-state index contributed by atoms with van der Waals surface area (Å²) in [5.41, 5.74) is 23.0. The number of ether oxygens (including phenoxy) is 4. The molecule has 7 rings (SSSR count). The fraction of sp³-hybridized carbons (Fsp3) is 0.522. The lowest BCUT2D eigenvalue weighted by Crippen LogP contribution is -2.55. The molecule has 2 unspecified atom stereocenters. The zero-order chi connectivity index (χ0) is 61.0. The zero-order valence-electron chi connectivity index (χ0n) is 45.7. The van der Waals surface area contributed by atoms with Gasteiger partial charge in [-0.25, -0.2) is 38.9 Å². The molecular weight excluding hydrogens is 1150 g/mol. The quantitative estimate of drug-likeness (QED) is 0.0228. The number of aromatic amines is 1. The van der Waals surface area contributed by atoms with Gasteiger partial charge in [-0.2, -0.15) is 4.98 Å². The number of likely N-dealkylation sites (N-methyl/N-ethyl adjacent to an activating group) is 2. The summed E-state index contributed by atoms with van der Waals surface area (Å²) in [5, 5.41) is 10.4. The first-order chi connectivity index (χ1) is 39.9. The Balaban J connectivity index is 0.966. The zero-order valence-corrected chi connectivity index (χ0v) is 47.6. The van der Waals surface area contributed by atoms with E-state index in [-0.39, 0.29) is 85.6 Å². The van der Waals surface area contributed by atoms with E-state index in [4.69, 9.17) is 55.5 Å². The van der Waals surface area contributed by atoms with Crippen LogP contribution in [0.1, 0.15) is 57.6 Å². The van der Waals surface area contributed by atoms with E-state index in [9.17, 15) is 52.5 Å². The second-order valence-corrected chi connectivity index (χ2v) is 21.8. The van der Waals surface area contributed by atoms with Crippen molar-refractivity contribution in [3.8, 4) is 0 Å². The van der Waals surface area contributed by atoms with Crippen LogP contribution in [0.25, 0.3) is 22.3 Å². The van der Waals surface area contributed by atoms with Gasteiger partial charge in [0.2, 0.25) is 23.7 Å². The number of urea groups is 1. The lowest BCUT2D eigenvalue weighted by Gasteiger charge is -2.28. The van der Waals surface area contributed by atoms with Crippen molar-refractivity contribution in [1.29, 1.82) is 0 Å². The number of nitrogen functional groups attached to an aromatic ring is 2. The van der Waals surface area contributed by atoms with Crippen LogP contribution in [-0.4, -0.2) is 185 Å². The van der Waals surface area contributed by atoms with E-state index >= 15 is 0 Å². The molecule has 10 atom stereocenters. The molecule has 6 heterocycles. The van der Waals surface area contributed by atoms with Crippen molar-refractivity contribution in [2.45, 2.75) is 95.1 Å². The van der Waals surface area contributed by atoms with Gasteiger partial charge in [0.25, 0.3) is 5.56 Å². The van der Waals surface area contributed by atoms with Crippen LogP contribution in [0.15, 0.2) is 48.0 Å². The molecule has 4 aromatic heterocycles. The van der Waals surface area contributed by atoms with Crippen molar-refractivity contribution in [1.82, 2.24) is 64.8 Å². The number of nitrogens with zero attached hydrogens (tertiary/aromatic N) is 9. The van der Waals surface area contributed by atoms with E-state index in [2.05, 4.69) is 51.2 Å². The maximum absolute atomic E-state index is 14.0. The van der Waals surface area contributed by atoms with Gasteiger partial charge in [-0.1, -0.05) is 26.0 Å². The number of phosphoric acid groups is 1. The normalized spacial score (nSPS) is 20.4. The predicted molar refractivity (Wildman–Crippen MR) is 293 cm³/mol. The van der Waals surface area contributed by atoms with E-state index in [1.54, 1.807) is 26.0 Å². The van der Waals surface area contributed by atoms with Gasteiger partial charge in [0, 0.05) is 39.4 Å². The number of hydrogen-bond acceptors (Lipinski definition) is 24. The maximum atomic E-state index is 14.0. The van der Waals surface area contributed by atoms with Crippen molar-refractivity contribution in [2.75, 3.05) is 70.3 Å². The molecule has 458 valence electrons. The molecule has 7 amide bonds. The summed E-state index contributed by atoms with van der Waals surface area (Å²) in [6, 6.07) is 3.37. The van der Waals surface area contributed by atoms with Gasteiger partial charge in [0.1, 0.15) is 49.0 Å². The summed E-state index contributed by atoms with van der Waals surface area (Å²) >= 11 is 0. The Morgan fingerprint density at radius 1 is 0.917 bits per heavy atom. The van der Waals surface area contributed by atoms with Crippen LogP contribution >= 0.6 is 16.1 Å². The molecule has 36 nitrogen and oxygen atoms in total. The highest BCUT2D eigenvalue weighted by Crippen LogP contribution is 2.50. The van der Waals surface area contributed by atoms with Gasteiger partial charge in [-0.05, 0) is 49.3 Å². The second-order valence-electron chi connectivity index (χ2n) is 19.5. The standard InChI is InChI=1S/C46H66N18O18P2/c1-23(2)31(58-29(65)16-47)40(67)57-27(6-5-13-51-44(50)69)39(66)56-25-9-7-24(8-10-25)17-76-45(70)61(3)14-15-62(4)46(71)81-35-34(28(19-77-83(72)73)80-42(35)64-22-54-32-36(48)52-20-53-37(32)64)82-84(74,75)78-18-26-11-12-30(79-26)63-21-55-33-38(63)59-43(49)60-41(33)68/h7-10,20-23,26-28,30-31,34-35,42,83H,5-6,11-19,47H2,1-4H3,(H,56,66)(H,57,67)(H,58,65)(H,72,73)(H,74,75)(H2,48,52,53)(H3,50,51,69)(H3,49,59,60,68)/t26-,27-,28+,30+,31?,34+,35+,42+/m0/s1. The number of phosphoric ester groups is 1. The number of fused-ring (bicyclic) bond motifs is 2. The van der Waals surface area contributed by atoms with Gasteiger partial charge in [-0.3, -0.25) is 46.9 Å². The third kappa shape index (κ3) is 16.7. The van der Waals surface area contributed by atoms with E-state index < -0.39 is 120 Å². The molecule has 2 saturated heterocycles. The number of nitrogens with one attached hydrogen (secondary N) is 5. The molecule has 0 radical (unpaired) electrons. The van der Waals surface area contributed by atoms with Crippen molar-refractivity contribution in [2.24, 2.45) is 17.4 Å². The highest BCUT2D eigenvalue weighted by molar-refractivity contribution is 7.47. The first-order valence-corrected chi connectivity index (χ1v) is 28.7. The molecule has 5 aromatic rings. The van der Waals surface area contributed by atoms with Crippen molar-refractivity contribution < 1.29 is 80.2 Å². The van der Waals surface area contributed by atoms with Crippen LogP contribution in [0.5, 0.6) is 0 Å². The Morgan fingerprint density at radius 2 is 1.62 bits per heavy atom.